The lowest BCUT2D eigenvalue weighted by Gasteiger charge is -2.09. The van der Waals surface area contributed by atoms with Crippen molar-refractivity contribution >= 4 is 11.6 Å². The molecule has 1 atom stereocenters. The van der Waals surface area contributed by atoms with E-state index in [-0.39, 0.29) is 6.04 Å². The molecule has 0 amide bonds. The molecule has 0 aliphatic carbocycles. The number of aryl methyl sites for hydroxylation is 1. The second-order valence-corrected chi connectivity index (χ2v) is 4.32. The molecule has 0 bridgehead atoms. The largest absolute Gasteiger partial charge is 0.324 e. The number of nitrogens with zero attached hydrogens (tertiary/aromatic N) is 2. The van der Waals surface area contributed by atoms with Gasteiger partial charge in [0.25, 0.3) is 0 Å². The Labute approximate surface area is 99.8 Å². The van der Waals surface area contributed by atoms with E-state index in [0.29, 0.717) is 0 Å². The van der Waals surface area contributed by atoms with E-state index in [1.807, 2.05) is 37.5 Å². The van der Waals surface area contributed by atoms with Crippen molar-refractivity contribution in [3.8, 4) is 0 Å². The maximum absolute atomic E-state index is 6.09. The first-order chi connectivity index (χ1) is 7.65. The standard InChI is InChI=1S/C12H14ClN3/c1-16-8-10(7-15-16)12(14)6-9-2-4-11(13)5-3-9/h2-5,7-8,12H,6,14H2,1H3. The minimum Gasteiger partial charge on any atom is -0.324 e. The fourth-order valence-electron chi connectivity index (χ4n) is 1.62. The van der Waals surface area contributed by atoms with E-state index in [4.69, 9.17) is 17.3 Å². The van der Waals surface area contributed by atoms with Crippen molar-refractivity contribution in [3.63, 3.8) is 0 Å². The Morgan fingerprint density at radius 1 is 1.38 bits per heavy atom. The van der Waals surface area contributed by atoms with Gasteiger partial charge >= 0.3 is 0 Å². The van der Waals surface area contributed by atoms with Gasteiger partial charge in [0.15, 0.2) is 0 Å². The van der Waals surface area contributed by atoms with Crippen LogP contribution < -0.4 is 5.73 Å². The fourth-order valence-corrected chi connectivity index (χ4v) is 1.75. The first-order valence-corrected chi connectivity index (χ1v) is 5.51. The van der Waals surface area contributed by atoms with E-state index in [2.05, 4.69) is 5.10 Å². The van der Waals surface area contributed by atoms with Crippen LogP contribution in [-0.4, -0.2) is 9.78 Å². The van der Waals surface area contributed by atoms with Crippen LogP contribution in [0.3, 0.4) is 0 Å². The highest BCUT2D eigenvalue weighted by molar-refractivity contribution is 6.30. The highest BCUT2D eigenvalue weighted by Gasteiger charge is 2.08. The number of nitrogens with two attached hydrogens (primary N) is 1. The lowest BCUT2D eigenvalue weighted by molar-refractivity contribution is 0.717. The van der Waals surface area contributed by atoms with Crippen LogP contribution in [0.4, 0.5) is 0 Å². The van der Waals surface area contributed by atoms with Crippen molar-refractivity contribution in [3.05, 3.63) is 52.8 Å². The molecule has 1 aromatic carbocycles. The molecule has 84 valence electrons. The van der Waals surface area contributed by atoms with E-state index in [1.165, 1.54) is 5.56 Å². The van der Waals surface area contributed by atoms with Crippen LogP contribution in [0.15, 0.2) is 36.7 Å². The summed E-state index contributed by atoms with van der Waals surface area (Å²) in [6.45, 7) is 0. The topological polar surface area (TPSA) is 43.8 Å². The summed E-state index contributed by atoms with van der Waals surface area (Å²) in [5.74, 6) is 0. The van der Waals surface area contributed by atoms with Gasteiger partial charge in [0.05, 0.1) is 6.20 Å². The maximum atomic E-state index is 6.09. The molecule has 0 fully saturated rings. The number of aromatic nitrogens is 2. The minimum atomic E-state index is -0.0186. The van der Waals surface area contributed by atoms with Gasteiger partial charge in [-0.1, -0.05) is 23.7 Å². The van der Waals surface area contributed by atoms with Gasteiger partial charge in [0.1, 0.15) is 0 Å². The molecule has 2 N–H and O–H groups in total. The van der Waals surface area contributed by atoms with Crippen LogP contribution in [0.2, 0.25) is 5.02 Å². The van der Waals surface area contributed by atoms with Crippen LogP contribution >= 0.6 is 11.6 Å². The smallest absolute Gasteiger partial charge is 0.0537 e. The molecule has 2 rings (SSSR count). The van der Waals surface area contributed by atoms with Crippen molar-refractivity contribution in [2.24, 2.45) is 12.8 Å². The molecule has 0 spiro atoms. The summed E-state index contributed by atoms with van der Waals surface area (Å²) in [4.78, 5) is 0. The van der Waals surface area contributed by atoms with Crippen molar-refractivity contribution in [2.75, 3.05) is 0 Å². The zero-order chi connectivity index (χ0) is 11.5. The summed E-state index contributed by atoms with van der Waals surface area (Å²) < 4.78 is 1.76. The molecular weight excluding hydrogens is 222 g/mol. The van der Waals surface area contributed by atoms with Crippen molar-refractivity contribution in [1.82, 2.24) is 9.78 Å². The number of halogens is 1. The molecule has 0 saturated heterocycles. The highest BCUT2D eigenvalue weighted by atomic mass is 35.5. The molecule has 0 radical (unpaired) electrons. The predicted octanol–water partition coefficient (Wildman–Crippen LogP) is 2.32. The lowest BCUT2D eigenvalue weighted by Crippen LogP contribution is -2.12. The van der Waals surface area contributed by atoms with E-state index >= 15 is 0 Å². The Morgan fingerprint density at radius 3 is 2.62 bits per heavy atom. The summed E-state index contributed by atoms with van der Waals surface area (Å²) >= 11 is 5.82. The van der Waals surface area contributed by atoms with Gasteiger partial charge in [-0.2, -0.15) is 5.10 Å². The van der Waals surface area contributed by atoms with Gasteiger partial charge in [0.2, 0.25) is 0 Å². The van der Waals surface area contributed by atoms with E-state index in [1.54, 1.807) is 10.9 Å². The molecule has 0 aliphatic heterocycles. The molecule has 2 aromatic rings. The van der Waals surface area contributed by atoms with Crippen molar-refractivity contribution < 1.29 is 0 Å². The van der Waals surface area contributed by atoms with Crippen LogP contribution in [-0.2, 0) is 13.5 Å². The predicted molar refractivity (Wildman–Crippen MR) is 65.3 cm³/mol. The Kier molecular flexibility index (Phi) is 3.27. The monoisotopic (exact) mass is 235 g/mol. The summed E-state index contributed by atoms with van der Waals surface area (Å²) in [6, 6.07) is 7.74. The molecule has 1 heterocycles. The number of hydrogen-bond acceptors (Lipinski definition) is 2. The third-order valence-electron chi connectivity index (χ3n) is 2.52. The van der Waals surface area contributed by atoms with Gasteiger partial charge in [-0.05, 0) is 24.1 Å². The Morgan fingerprint density at radius 2 is 2.06 bits per heavy atom. The number of hydrogen-bond donors (Lipinski definition) is 1. The minimum absolute atomic E-state index is 0.0186. The lowest BCUT2D eigenvalue weighted by atomic mass is 10.0. The van der Waals surface area contributed by atoms with Crippen molar-refractivity contribution in [2.45, 2.75) is 12.5 Å². The molecule has 16 heavy (non-hydrogen) atoms. The Bertz CT molecular complexity index is 461. The fraction of sp³-hybridized carbons (Fsp3) is 0.250. The number of benzene rings is 1. The van der Waals surface area contributed by atoms with Crippen LogP contribution in [0, 0.1) is 0 Å². The van der Waals surface area contributed by atoms with Gasteiger partial charge in [-0.3, -0.25) is 4.68 Å². The molecule has 0 saturated carbocycles. The normalized spacial score (nSPS) is 12.7. The molecular formula is C12H14ClN3. The average Bonchev–Trinajstić information content (AvgIpc) is 2.68. The Balaban J connectivity index is 2.07. The molecule has 1 aromatic heterocycles. The third kappa shape index (κ3) is 2.62. The van der Waals surface area contributed by atoms with Crippen LogP contribution in [0.5, 0.6) is 0 Å². The van der Waals surface area contributed by atoms with E-state index in [0.717, 1.165) is 17.0 Å². The van der Waals surface area contributed by atoms with E-state index in [9.17, 15) is 0 Å². The van der Waals surface area contributed by atoms with Gasteiger partial charge in [-0.15, -0.1) is 0 Å². The van der Waals surface area contributed by atoms with Crippen LogP contribution in [0.25, 0.3) is 0 Å². The molecule has 3 nitrogen and oxygen atoms in total. The highest BCUT2D eigenvalue weighted by Crippen LogP contribution is 2.17. The zero-order valence-corrected chi connectivity index (χ0v) is 9.85. The second-order valence-electron chi connectivity index (χ2n) is 3.88. The third-order valence-corrected chi connectivity index (χ3v) is 2.77. The average molecular weight is 236 g/mol. The second kappa shape index (κ2) is 4.68. The molecule has 0 aliphatic rings. The first-order valence-electron chi connectivity index (χ1n) is 5.14. The number of rotatable bonds is 3. The Hall–Kier alpha value is -1.32. The van der Waals surface area contributed by atoms with Gasteiger partial charge in [0, 0.05) is 29.9 Å². The van der Waals surface area contributed by atoms with E-state index < -0.39 is 0 Å². The first kappa shape index (κ1) is 11.2. The van der Waals surface area contributed by atoms with Crippen LogP contribution in [0.1, 0.15) is 17.2 Å². The SMILES string of the molecule is Cn1cc(C(N)Cc2ccc(Cl)cc2)cn1. The summed E-state index contributed by atoms with van der Waals surface area (Å²) in [6.07, 6.45) is 4.55. The van der Waals surface area contributed by atoms with Gasteiger partial charge < -0.3 is 5.73 Å². The van der Waals surface area contributed by atoms with Gasteiger partial charge in [-0.25, -0.2) is 0 Å². The van der Waals surface area contributed by atoms with Crippen molar-refractivity contribution in [1.29, 1.82) is 0 Å². The maximum Gasteiger partial charge on any atom is 0.0537 e. The summed E-state index contributed by atoms with van der Waals surface area (Å²) in [7, 11) is 1.89. The quantitative estimate of drug-likeness (QED) is 0.887. The molecule has 4 heteroatoms. The molecule has 1 unspecified atom stereocenters. The summed E-state index contributed by atoms with van der Waals surface area (Å²) in [5, 5.41) is 4.86. The summed E-state index contributed by atoms with van der Waals surface area (Å²) in [5.41, 5.74) is 8.33. The zero-order valence-electron chi connectivity index (χ0n) is 9.10.